The molecular formula is C69H59N7O. The van der Waals surface area contributed by atoms with Crippen molar-refractivity contribution in [2.75, 3.05) is 23.5 Å². The minimum atomic E-state index is -0.308. The number of ether oxygens (including phenoxy) is 1. The molecule has 13 aromatic rings. The Morgan fingerprint density at radius 3 is 1.39 bits per heavy atom. The number of fused-ring (bicyclic) bond motifs is 10. The highest BCUT2D eigenvalue weighted by molar-refractivity contribution is 6.13. The first kappa shape index (κ1) is 46.4. The third kappa shape index (κ3) is 7.26. The monoisotopic (exact) mass is 1000 g/mol. The van der Waals surface area contributed by atoms with Gasteiger partial charge in [0.15, 0.2) is 5.75 Å². The smallest absolute Gasteiger partial charge is 0.151 e. The summed E-state index contributed by atoms with van der Waals surface area (Å²) in [5, 5.41) is 7.14. The highest BCUT2D eigenvalue weighted by atomic mass is 16.5. The van der Waals surface area contributed by atoms with Crippen molar-refractivity contribution in [3.63, 3.8) is 0 Å². The summed E-state index contributed by atoms with van der Waals surface area (Å²) in [5.74, 6) is 2.30. The summed E-state index contributed by atoms with van der Waals surface area (Å²) in [6.07, 6.45) is 2.10. The third-order valence-corrected chi connectivity index (χ3v) is 15.7. The topological polar surface area (TPSA) is 56.3 Å². The van der Waals surface area contributed by atoms with Crippen LogP contribution in [0.5, 0.6) is 11.5 Å². The molecule has 0 N–H and O–H groups in total. The van der Waals surface area contributed by atoms with Crippen molar-refractivity contribution in [3.8, 4) is 39.8 Å². The van der Waals surface area contributed by atoms with Crippen LogP contribution >= 0.6 is 0 Å². The highest BCUT2D eigenvalue weighted by Crippen LogP contribution is 2.48. The van der Waals surface area contributed by atoms with Gasteiger partial charge in [0.25, 0.3) is 0 Å². The van der Waals surface area contributed by atoms with Crippen LogP contribution in [0.25, 0.3) is 93.7 Å². The van der Waals surface area contributed by atoms with Gasteiger partial charge < -0.3 is 23.7 Å². The van der Waals surface area contributed by atoms with E-state index in [4.69, 9.17) is 14.7 Å². The lowest BCUT2D eigenvalue weighted by molar-refractivity contribution is 0.441. The molecule has 0 atom stereocenters. The predicted molar refractivity (Wildman–Crippen MR) is 321 cm³/mol. The second-order valence-electron chi connectivity index (χ2n) is 22.9. The molecule has 8 aromatic carbocycles. The number of hydrogen-bond acceptors (Lipinski definition) is 5. The van der Waals surface area contributed by atoms with Gasteiger partial charge in [0.05, 0.1) is 79.6 Å². The van der Waals surface area contributed by atoms with Crippen LogP contribution in [0, 0.1) is 6.92 Å². The fourth-order valence-electron chi connectivity index (χ4n) is 12.3. The quantitative estimate of drug-likeness (QED) is 0.159. The summed E-state index contributed by atoms with van der Waals surface area (Å²) in [5.41, 5.74) is 16.9. The van der Waals surface area contributed by atoms with Crippen LogP contribution in [0.4, 0.5) is 17.1 Å². The van der Waals surface area contributed by atoms with Crippen LogP contribution in [-0.2, 0) is 10.8 Å². The first-order valence-corrected chi connectivity index (χ1v) is 26.7. The second-order valence-corrected chi connectivity index (χ2v) is 22.9. The summed E-state index contributed by atoms with van der Waals surface area (Å²) in [6, 6.07) is 70.0. The number of aryl methyl sites for hydroxylation is 1. The molecule has 0 unspecified atom stereocenters. The molecule has 0 bridgehead atoms. The molecule has 5 aromatic heterocycles. The van der Waals surface area contributed by atoms with Gasteiger partial charge in [0.1, 0.15) is 11.6 Å². The van der Waals surface area contributed by atoms with Crippen molar-refractivity contribution in [1.29, 1.82) is 0 Å². The van der Waals surface area contributed by atoms with Crippen molar-refractivity contribution < 1.29 is 4.74 Å². The van der Waals surface area contributed by atoms with Crippen molar-refractivity contribution in [2.24, 2.45) is 0 Å². The van der Waals surface area contributed by atoms with Crippen LogP contribution in [0.1, 0.15) is 58.5 Å². The average Bonchev–Trinajstić information content (AvgIpc) is 4.36. The minimum absolute atomic E-state index is 0.232. The molecular weight excluding hydrogens is 943 g/mol. The second kappa shape index (κ2) is 17.2. The molecule has 0 saturated heterocycles. The Bertz CT molecular complexity index is 4300. The van der Waals surface area contributed by atoms with E-state index >= 15 is 0 Å². The molecule has 0 aliphatic carbocycles. The zero-order chi connectivity index (χ0) is 52.5. The van der Waals surface area contributed by atoms with E-state index in [1.54, 1.807) is 0 Å². The zero-order valence-electron chi connectivity index (χ0n) is 44.8. The molecule has 77 heavy (non-hydrogen) atoms. The van der Waals surface area contributed by atoms with Crippen LogP contribution in [0.2, 0.25) is 0 Å². The Labute approximate surface area is 448 Å². The lowest BCUT2D eigenvalue weighted by atomic mass is 9.86. The van der Waals surface area contributed by atoms with Gasteiger partial charge in [-0.1, -0.05) is 151 Å². The van der Waals surface area contributed by atoms with Crippen LogP contribution in [0.3, 0.4) is 0 Å². The van der Waals surface area contributed by atoms with Crippen LogP contribution in [0.15, 0.2) is 200 Å². The van der Waals surface area contributed by atoms with E-state index < -0.39 is 0 Å². The fourth-order valence-corrected chi connectivity index (χ4v) is 12.3. The summed E-state index contributed by atoms with van der Waals surface area (Å²) in [6.45, 7) is 16.4. The highest BCUT2D eigenvalue weighted by Gasteiger charge is 2.34. The molecule has 0 fully saturated rings. The largest absolute Gasteiger partial charge is 0.455 e. The van der Waals surface area contributed by atoms with Crippen LogP contribution in [-0.4, -0.2) is 37.4 Å². The number of pyridine rings is 2. The van der Waals surface area contributed by atoms with E-state index in [-0.39, 0.29) is 10.8 Å². The number of hydrogen-bond donors (Lipinski definition) is 0. The molecule has 0 spiro atoms. The predicted octanol–water partition coefficient (Wildman–Crippen LogP) is 17.7. The van der Waals surface area contributed by atoms with E-state index in [1.165, 1.54) is 27.2 Å². The lowest BCUT2D eigenvalue weighted by Gasteiger charge is -2.31. The van der Waals surface area contributed by atoms with Gasteiger partial charge in [-0.2, -0.15) is 0 Å². The van der Waals surface area contributed by atoms with E-state index in [0.29, 0.717) is 6.67 Å². The van der Waals surface area contributed by atoms with Crippen molar-refractivity contribution >= 4 is 82.5 Å². The van der Waals surface area contributed by atoms with Crippen molar-refractivity contribution in [2.45, 2.75) is 59.3 Å². The zero-order valence-corrected chi connectivity index (χ0v) is 44.8. The molecule has 8 nitrogen and oxygen atoms in total. The van der Waals surface area contributed by atoms with E-state index in [0.717, 1.165) is 112 Å². The van der Waals surface area contributed by atoms with E-state index in [2.05, 4.69) is 279 Å². The number of rotatable bonds is 7. The summed E-state index contributed by atoms with van der Waals surface area (Å²) >= 11 is 0. The average molecular weight is 1000 g/mol. The maximum Gasteiger partial charge on any atom is 0.151 e. The van der Waals surface area contributed by atoms with Crippen molar-refractivity contribution in [1.82, 2.24) is 23.7 Å². The molecule has 8 heteroatoms. The maximum atomic E-state index is 7.19. The molecule has 0 radical (unpaired) electrons. The van der Waals surface area contributed by atoms with Gasteiger partial charge in [-0.15, -0.1) is 0 Å². The molecule has 1 aliphatic rings. The number of aromatic nitrogens is 5. The van der Waals surface area contributed by atoms with Gasteiger partial charge in [-0.05, 0) is 85.3 Å². The number of anilines is 3. The standard InChI is InChI=1S/C69H59N7O/c1-43-38-64(70-41-51(43)65-59(74-52-27-14-9-22-45(52)46-23-10-15-28-53(46)74)34-21-35-60(65)75-54-29-16-11-24-47(54)48-25-12-17-30-55(48)75)76-56-31-18-13-26-49(56)50-37-36-44(39-61(50)76)77-63-40-62(66(68(2,3)4)71-67(63)69(5,6)7)73-42-72(8)57-32-19-20-33-58(57)73/h9-41H,42H2,1-8H3. The Balaban J connectivity index is 0.958. The SMILES string of the molecule is Cc1cc(-n2c3ccccc3c3ccc(Oc4cc(N5CN(C)c6ccccc65)c(C(C)(C)C)nc4C(C)(C)C)cc32)ncc1-c1c(-n2c3ccccc3c3ccccc32)cccc1-n1c2ccccc2c2ccccc21. The Morgan fingerprint density at radius 2 is 0.883 bits per heavy atom. The molecule has 14 rings (SSSR count). The van der Waals surface area contributed by atoms with Gasteiger partial charge in [-0.25, -0.2) is 4.98 Å². The number of nitrogens with zero attached hydrogens (tertiary/aromatic N) is 7. The molecule has 376 valence electrons. The van der Waals surface area contributed by atoms with Crippen LogP contribution < -0.4 is 14.5 Å². The number of benzene rings is 8. The minimum Gasteiger partial charge on any atom is -0.455 e. The molecule has 6 heterocycles. The summed E-state index contributed by atoms with van der Waals surface area (Å²) in [4.78, 5) is 15.7. The Kier molecular flexibility index (Phi) is 10.4. The Hall–Kier alpha value is -9.14. The lowest BCUT2D eigenvalue weighted by Crippen LogP contribution is -2.29. The third-order valence-electron chi connectivity index (χ3n) is 15.7. The Morgan fingerprint density at radius 1 is 0.429 bits per heavy atom. The molecule has 0 amide bonds. The number of para-hydroxylation sites is 7. The van der Waals surface area contributed by atoms with Gasteiger partial charge in [0, 0.05) is 79.7 Å². The van der Waals surface area contributed by atoms with Crippen molar-refractivity contribution in [3.05, 3.63) is 217 Å². The summed E-state index contributed by atoms with van der Waals surface area (Å²) < 4.78 is 14.4. The maximum absolute atomic E-state index is 7.19. The van der Waals surface area contributed by atoms with Gasteiger partial charge in [-0.3, -0.25) is 9.55 Å². The summed E-state index contributed by atoms with van der Waals surface area (Å²) in [7, 11) is 2.15. The molecule has 1 aliphatic heterocycles. The van der Waals surface area contributed by atoms with E-state index in [1.807, 2.05) is 0 Å². The molecule has 0 saturated carbocycles. The van der Waals surface area contributed by atoms with E-state index in [9.17, 15) is 0 Å². The fraction of sp³-hybridized carbons (Fsp3) is 0.159. The normalized spacial score (nSPS) is 13.1. The van der Waals surface area contributed by atoms with Gasteiger partial charge in [0.2, 0.25) is 0 Å². The first-order chi connectivity index (χ1) is 37.3. The van der Waals surface area contributed by atoms with Gasteiger partial charge >= 0.3 is 0 Å². The first-order valence-electron chi connectivity index (χ1n) is 26.7.